The molecule has 0 fully saturated rings. The molecule has 2 aromatic carbocycles. The molecule has 0 unspecified atom stereocenters. The molecule has 2 aliphatic heterocycles. The van der Waals surface area contributed by atoms with Crippen LogP contribution in [0.2, 0.25) is 0 Å². The van der Waals surface area contributed by atoms with Gasteiger partial charge in [-0.05, 0) is 23.8 Å². The molecule has 0 spiro atoms. The highest BCUT2D eigenvalue weighted by Gasteiger charge is 2.54. The molecule has 0 saturated carbocycles. The number of methoxy groups -OCH3 is 1. The summed E-state index contributed by atoms with van der Waals surface area (Å²) < 4.78 is 21.4. The van der Waals surface area contributed by atoms with Crippen LogP contribution in [0.1, 0.15) is 17.0 Å². The van der Waals surface area contributed by atoms with Crippen molar-refractivity contribution in [3.05, 3.63) is 47.5 Å². The summed E-state index contributed by atoms with van der Waals surface area (Å²) in [5.41, 5.74) is 1.15. The Balaban J connectivity index is 1.92. The average molecular weight is 374 g/mol. The van der Waals surface area contributed by atoms with Crippen molar-refractivity contribution in [2.75, 3.05) is 20.5 Å². The first-order valence-electron chi connectivity index (χ1n) is 8.29. The smallest absolute Gasteiger partial charge is 0.314 e. The van der Waals surface area contributed by atoms with Crippen LogP contribution in [0.4, 0.5) is 0 Å². The number of hydrogen-bond acceptors (Lipinski definition) is 7. The molecule has 2 heterocycles. The lowest BCUT2D eigenvalue weighted by Gasteiger charge is -2.42. The third-order valence-corrected chi connectivity index (χ3v) is 4.91. The summed E-state index contributed by atoms with van der Waals surface area (Å²) in [4.78, 5) is 12.0. The molecule has 8 heteroatoms. The number of carboxylic acid groups (broad SMARTS) is 1. The van der Waals surface area contributed by atoms with Crippen LogP contribution in [0.25, 0.3) is 0 Å². The van der Waals surface area contributed by atoms with Crippen LogP contribution in [-0.4, -0.2) is 47.6 Å². The van der Waals surface area contributed by atoms with Crippen LogP contribution in [0.5, 0.6) is 23.0 Å². The Morgan fingerprint density at radius 3 is 2.44 bits per heavy atom. The van der Waals surface area contributed by atoms with Crippen molar-refractivity contribution in [3.8, 4) is 23.0 Å². The number of benzene rings is 2. The molecule has 0 radical (unpaired) electrons. The van der Waals surface area contributed by atoms with Crippen molar-refractivity contribution in [1.82, 2.24) is 0 Å². The van der Waals surface area contributed by atoms with E-state index < -0.39 is 30.2 Å². The Morgan fingerprint density at radius 1 is 1.19 bits per heavy atom. The Morgan fingerprint density at radius 2 is 1.85 bits per heavy atom. The minimum atomic E-state index is -2.29. The maximum Gasteiger partial charge on any atom is 0.314 e. The number of rotatable bonds is 4. The van der Waals surface area contributed by atoms with E-state index in [9.17, 15) is 20.1 Å². The SMILES string of the molecule is COc1ccc([C@@H]2c3cc4c(cc3O[C@](O)(CO)[C@@H]2C(=O)O)OCO4)cc1. The molecule has 0 aromatic heterocycles. The molecule has 0 saturated heterocycles. The second-order valence-corrected chi connectivity index (χ2v) is 6.42. The molecular formula is C19H18O8. The largest absolute Gasteiger partial charge is 0.497 e. The van der Waals surface area contributed by atoms with Gasteiger partial charge in [0.25, 0.3) is 0 Å². The van der Waals surface area contributed by atoms with Gasteiger partial charge in [0.15, 0.2) is 11.5 Å². The predicted molar refractivity (Wildman–Crippen MR) is 91.2 cm³/mol. The highest BCUT2D eigenvalue weighted by Crippen LogP contribution is 2.51. The zero-order valence-electron chi connectivity index (χ0n) is 14.4. The van der Waals surface area contributed by atoms with Crippen molar-refractivity contribution in [2.24, 2.45) is 5.92 Å². The summed E-state index contributed by atoms with van der Waals surface area (Å²) in [6.45, 7) is -0.845. The number of aliphatic carboxylic acids is 1. The van der Waals surface area contributed by atoms with Gasteiger partial charge in [0.05, 0.1) is 7.11 Å². The van der Waals surface area contributed by atoms with Crippen LogP contribution in [0, 0.1) is 5.92 Å². The lowest BCUT2D eigenvalue weighted by molar-refractivity contribution is -0.220. The third kappa shape index (κ3) is 2.73. The standard InChI is InChI=1S/C19H18O8/c1-24-11-4-2-10(3-5-11)16-12-6-14-15(26-9-25-14)7-13(12)27-19(23,8-20)17(16)18(21)22/h2-7,16-17,20,23H,8-9H2,1H3,(H,21,22)/t16-,17+,19-/m1/s1. The van der Waals surface area contributed by atoms with Gasteiger partial charge in [-0.25, -0.2) is 0 Å². The van der Waals surface area contributed by atoms with Crippen molar-refractivity contribution in [2.45, 2.75) is 11.7 Å². The topological polar surface area (TPSA) is 115 Å². The number of carbonyl (C=O) groups is 1. The summed E-state index contributed by atoms with van der Waals surface area (Å²) in [6, 6.07) is 10.0. The number of carboxylic acids is 1. The van der Waals surface area contributed by atoms with Crippen molar-refractivity contribution in [1.29, 1.82) is 0 Å². The third-order valence-electron chi connectivity index (χ3n) is 4.91. The molecule has 0 aliphatic carbocycles. The van der Waals surface area contributed by atoms with E-state index in [4.69, 9.17) is 18.9 Å². The number of ether oxygens (including phenoxy) is 4. The van der Waals surface area contributed by atoms with Gasteiger partial charge >= 0.3 is 5.97 Å². The average Bonchev–Trinajstić information content (AvgIpc) is 3.12. The Labute approximate surface area is 154 Å². The summed E-state index contributed by atoms with van der Waals surface area (Å²) in [5.74, 6) is -4.08. The first kappa shape index (κ1) is 17.4. The van der Waals surface area contributed by atoms with Gasteiger partial charge in [-0.1, -0.05) is 12.1 Å². The molecule has 4 rings (SSSR count). The number of fused-ring (bicyclic) bond motifs is 2. The van der Waals surface area contributed by atoms with E-state index in [0.29, 0.717) is 28.4 Å². The maximum absolute atomic E-state index is 12.0. The lowest BCUT2D eigenvalue weighted by atomic mass is 9.74. The quantitative estimate of drug-likeness (QED) is 0.734. The highest BCUT2D eigenvalue weighted by molar-refractivity contribution is 5.75. The fraction of sp³-hybridized carbons (Fsp3) is 0.316. The predicted octanol–water partition coefficient (Wildman–Crippen LogP) is 1.33. The minimum Gasteiger partial charge on any atom is -0.497 e. The number of hydrogen-bond donors (Lipinski definition) is 3. The molecule has 0 bridgehead atoms. The normalized spacial score (nSPS) is 25.4. The van der Waals surface area contributed by atoms with Gasteiger partial charge in [-0.15, -0.1) is 0 Å². The molecule has 3 atom stereocenters. The van der Waals surface area contributed by atoms with E-state index in [0.717, 1.165) is 0 Å². The van der Waals surface area contributed by atoms with Gasteiger partial charge in [0.1, 0.15) is 24.0 Å². The number of aliphatic hydroxyl groups is 2. The summed E-state index contributed by atoms with van der Waals surface area (Å²) >= 11 is 0. The zero-order valence-corrected chi connectivity index (χ0v) is 14.4. The Kier molecular flexibility index (Phi) is 4.09. The monoisotopic (exact) mass is 374 g/mol. The number of aliphatic hydroxyl groups excluding tert-OH is 1. The zero-order chi connectivity index (χ0) is 19.2. The molecule has 27 heavy (non-hydrogen) atoms. The van der Waals surface area contributed by atoms with E-state index in [1.165, 1.54) is 13.2 Å². The van der Waals surface area contributed by atoms with Crippen molar-refractivity contribution < 1.29 is 39.1 Å². The molecule has 0 amide bonds. The maximum atomic E-state index is 12.0. The molecule has 2 aromatic rings. The highest BCUT2D eigenvalue weighted by atomic mass is 16.7. The lowest BCUT2D eigenvalue weighted by Crippen LogP contribution is -2.55. The van der Waals surface area contributed by atoms with Crippen LogP contribution >= 0.6 is 0 Å². The minimum absolute atomic E-state index is 0.0397. The first-order chi connectivity index (χ1) is 13.0. The van der Waals surface area contributed by atoms with Crippen molar-refractivity contribution >= 4 is 5.97 Å². The second-order valence-electron chi connectivity index (χ2n) is 6.42. The summed E-state index contributed by atoms with van der Waals surface area (Å²) in [6.07, 6.45) is 0. The Bertz CT molecular complexity index is 878. The van der Waals surface area contributed by atoms with E-state index in [-0.39, 0.29) is 12.5 Å². The van der Waals surface area contributed by atoms with E-state index in [2.05, 4.69) is 0 Å². The molecule has 8 nitrogen and oxygen atoms in total. The van der Waals surface area contributed by atoms with E-state index in [1.54, 1.807) is 30.3 Å². The van der Waals surface area contributed by atoms with Gasteiger partial charge in [-0.2, -0.15) is 0 Å². The fourth-order valence-electron chi connectivity index (χ4n) is 3.61. The summed E-state index contributed by atoms with van der Waals surface area (Å²) in [7, 11) is 1.53. The molecular weight excluding hydrogens is 356 g/mol. The van der Waals surface area contributed by atoms with Gasteiger partial charge in [0.2, 0.25) is 12.6 Å². The van der Waals surface area contributed by atoms with Crippen LogP contribution < -0.4 is 18.9 Å². The fourth-order valence-corrected chi connectivity index (χ4v) is 3.61. The van der Waals surface area contributed by atoms with Crippen LogP contribution in [0.3, 0.4) is 0 Å². The van der Waals surface area contributed by atoms with Crippen LogP contribution in [0.15, 0.2) is 36.4 Å². The summed E-state index contributed by atoms with van der Waals surface area (Å²) in [5, 5.41) is 30.3. The molecule has 2 aliphatic rings. The van der Waals surface area contributed by atoms with Gasteiger partial charge in [0, 0.05) is 17.5 Å². The van der Waals surface area contributed by atoms with E-state index in [1.807, 2.05) is 0 Å². The van der Waals surface area contributed by atoms with Gasteiger partial charge in [-0.3, -0.25) is 4.79 Å². The first-order valence-corrected chi connectivity index (χ1v) is 8.29. The molecule has 142 valence electrons. The van der Waals surface area contributed by atoms with Gasteiger partial charge < -0.3 is 34.3 Å². The second kappa shape index (κ2) is 6.33. The van der Waals surface area contributed by atoms with E-state index >= 15 is 0 Å². The van der Waals surface area contributed by atoms with Crippen molar-refractivity contribution in [3.63, 3.8) is 0 Å². The molecule has 3 N–H and O–H groups in total. The van der Waals surface area contributed by atoms with Crippen LogP contribution in [-0.2, 0) is 4.79 Å². The Hall–Kier alpha value is -2.97.